The highest BCUT2D eigenvalue weighted by molar-refractivity contribution is 7.80. The van der Waals surface area contributed by atoms with Gasteiger partial charge in [-0.3, -0.25) is 28.8 Å². The summed E-state index contributed by atoms with van der Waals surface area (Å²) in [7, 11) is 0. The summed E-state index contributed by atoms with van der Waals surface area (Å²) in [6, 6.07) is -4.76. The number of aromatic amines is 1. The lowest BCUT2D eigenvalue weighted by molar-refractivity contribution is -0.138. The van der Waals surface area contributed by atoms with Crippen LogP contribution in [-0.2, 0) is 35.2 Å². The number of amides is 5. The van der Waals surface area contributed by atoms with Gasteiger partial charge in [-0.05, 0) is 58.7 Å². The van der Waals surface area contributed by atoms with Crippen molar-refractivity contribution >= 4 is 48.1 Å². The number of carbonyl (C=O) groups excluding carboxylic acids is 5. The molecule has 1 heterocycles. The third-order valence-corrected chi connectivity index (χ3v) is 6.99. The summed E-state index contributed by atoms with van der Waals surface area (Å²) < 4.78 is 0. The van der Waals surface area contributed by atoms with E-state index in [0.717, 1.165) is 19.4 Å². The molecule has 1 aromatic rings. The predicted molar refractivity (Wildman–Crippen MR) is 170 cm³/mol. The standard InChI is InChI=1S/C27H48N10O8S/c1-16(38)23(37-24(42)18(29)14-46)27(45)32-12-21(39)35-19(6-2-4-8-30-9-5-3-7-28)26(44)36-20(10-17-11-31-15-34-17)25(43)33-13-22(40)41/h11,15-16,18-20,23,30,38,46H,2-10,12-14,28-29H2,1H3,(H,31,34)(H,32,45)(H,33,43)(H,35,39)(H,36,44)(H,37,42)(H,40,41)/t16-,18+,19+,20+,23+/m1/s1. The van der Waals surface area contributed by atoms with E-state index < -0.39 is 78.9 Å². The molecule has 260 valence electrons. The van der Waals surface area contributed by atoms with E-state index in [4.69, 9.17) is 16.6 Å². The zero-order valence-electron chi connectivity index (χ0n) is 25.9. The van der Waals surface area contributed by atoms with Crippen LogP contribution in [-0.4, -0.2) is 124 Å². The van der Waals surface area contributed by atoms with Gasteiger partial charge in [-0.2, -0.15) is 12.6 Å². The predicted octanol–water partition coefficient (Wildman–Crippen LogP) is -4.14. The third-order valence-electron chi connectivity index (χ3n) is 6.60. The van der Waals surface area contributed by atoms with Crippen molar-refractivity contribution in [1.82, 2.24) is 41.9 Å². The molecule has 46 heavy (non-hydrogen) atoms. The SMILES string of the molecule is C[C@@H](O)[C@H](NC(=O)[C@@H](N)CS)C(=O)NCC(=O)N[C@@H](CCCCNCCCCN)C(=O)N[C@@H](Cc1cnc[nH]1)C(=O)NCC(=O)O. The third kappa shape index (κ3) is 16.5. The summed E-state index contributed by atoms with van der Waals surface area (Å²) in [4.78, 5) is 81.4. The molecule has 19 heteroatoms. The highest BCUT2D eigenvalue weighted by Gasteiger charge is 2.30. The number of nitrogens with zero attached hydrogens (tertiary/aromatic N) is 1. The van der Waals surface area contributed by atoms with Crippen LogP contribution in [0.1, 0.15) is 44.7 Å². The number of aromatic nitrogens is 2. The molecule has 18 nitrogen and oxygen atoms in total. The van der Waals surface area contributed by atoms with E-state index >= 15 is 0 Å². The number of imidazole rings is 1. The van der Waals surface area contributed by atoms with Crippen LogP contribution in [0.15, 0.2) is 12.5 Å². The van der Waals surface area contributed by atoms with Gasteiger partial charge in [-0.1, -0.05) is 0 Å². The van der Waals surface area contributed by atoms with Gasteiger partial charge in [0.1, 0.15) is 24.7 Å². The Balaban J connectivity index is 2.94. The second-order valence-corrected chi connectivity index (χ2v) is 10.9. The van der Waals surface area contributed by atoms with Gasteiger partial charge in [0, 0.05) is 24.1 Å². The molecule has 0 saturated heterocycles. The minimum atomic E-state index is -1.41. The molecule has 0 aromatic carbocycles. The number of aliphatic hydroxyl groups is 1. The molecule has 5 amide bonds. The Labute approximate surface area is 272 Å². The summed E-state index contributed by atoms with van der Waals surface area (Å²) in [5, 5.41) is 34.2. The second-order valence-electron chi connectivity index (χ2n) is 10.5. The number of thiol groups is 1. The molecule has 0 radical (unpaired) electrons. The molecular formula is C27H48N10O8S. The van der Waals surface area contributed by atoms with Crippen LogP contribution in [0.5, 0.6) is 0 Å². The lowest BCUT2D eigenvalue weighted by Crippen LogP contribution is -2.58. The number of carboxylic acid groups (broad SMARTS) is 1. The maximum Gasteiger partial charge on any atom is 0.322 e. The smallest absolute Gasteiger partial charge is 0.322 e. The van der Waals surface area contributed by atoms with Crippen molar-refractivity contribution < 1.29 is 39.0 Å². The molecule has 0 spiro atoms. The Morgan fingerprint density at radius 1 is 0.913 bits per heavy atom. The number of aliphatic hydroxyl groups excluding tert-OH is 1. The molecule has 0 aliphatic heterocycles. The van der Waals surface area contributed by atoms with Crippen molar-refractivity contribution in [3.63, 3.8) is 0 Å². The maximum atomic E-state index is 13.4. The van der Waals surface area contributed by atoms with E-state index in [0.29, 0.717) is 31.6 Å². The van der Waals surface area contributed by atoms with Gasteiger partial charge in [0.2, 0.25) is 29.5 Å². The zero-order valence-corrected chi connectivity index (χ0v) is 26.8. The maximum absolute atomic E-state index is 13.4. The van der Waals surface area contributed by atoms with Crippen LogP contribution in [0.4, 0.5) is 0 Å². The number of carboxylic acids is 1. The average Bonchev–Trinajstić information content (AvgIpc) is 3.54. The number of unbranched alkanes of at least 4 members (excludes halogenated alkanes) is 2. The fraction of sp³-hybridized carbons (Fsp3) is 0.667. The van der Waals surface area contributed by atoms with Crippen molar-refractivity contribution in [2.75, 3.05) is 38.5 Å². The van der Waals surface area contributed by atoms with Crippen molar-refractivity contribution in [3.8, 4) is 0 Å². The number of carbonyl (C=O) groups is 6. The Kier molecular flexibility index (Phi) is 19.8. The summed E-state index contributed by atoms with van der Waals surface area (Å²) in [6.07, 6.45) is 4.64. The molecule has 0 fully saturated rings. The number of rotatable bonds is 24. The molecule has 1 aromatic heterocycles. The van der Waals surface area contributed by atoms with Crippen LogP contribution in [0.25, 0.3) is 0 Å². The first-order valence-electron chi connectivity index (χ1n) is 15.0. The molecule has 0 aliphatic rings. The average molecular weight is 673 g/mol. The summed E-state index contributed by atoms with van der Waals surface area (Å²) >= 11 is 3.93. The molecule has 13 N–H and O–H groups in total. The normalized spacial score (nSPS) is 14.2. The fourth-order valence-electron chi connectivity index (χ4n) is 4.04. The van der Waals surface area contributed by atoms with E-state index in [1.54, 1.807) is 0 Å². The zero-order chi connectivity index (χ0) is 34.5. The monoisotopic (exact) mass is 672 g/mol. The van der Waals surface area contributed by atoms with Crippen molar-refractivity contribution in [1.29, 1.82) is 0 Å². The first kappa shape index (κ1) is 40.2. The van der Waals surface area contributed by atoms with E-state index in [-0.39, 0.29) is 18.6 Å². The Bertz CT molecular complexity index is 1110. The van der Waals surface area contributed by atoms with Crippen LogP contribution in [0.3, 0.4) is 0 Å². The Hall–Kier alpha value is -3.78. The van der Waals surface area contributed by atoms with Gasteiger partial charge in [0.05, 0.1) is 25.0 Å². The van der Waals surface area contributed by atoms with Crippen LogP contribution in [0.2, 0.25) is 0 Å². The topological polar surface area (TPSA) is 296 Å². The number of hydrogen-bond acceptors (Lipinski definition) is 12. The van der Waals surface area contributed by atoms with Crippen molar-refractivity contribution in [2.24, 2.45) is 11.5 Å². The highest BCUT2D eigenvalue weighted by atomic mass is 32.1. The molecule has 0 aliphatic carbocycles. The van der Waals surface area contributed by atoms with Gasteiger partial charge >= 0.3 is 5.97 Å². The summed E-state index contributed by atoms with van der Waals surface area (Å²) in [5.41, 5.74) is 11.6. The van der Waals surface area contributed by atoms with Gasteiger partial charge in [-0.15, -0.1) is 0 Å². The van der Waals surface area contributed by atoms with Gasteiger partial charge in [0.15, 0.2) is 0 Å². The molecule has 1 rings (SSSR count). The Morgan fingerprint density at radius 2 is 1.59 bits per heavy atom. The lowest BCUT2D eigenvalue weighted by atomic mass is 10.1. The first-order valence-corrected chi connectivity index (χ1v) is 15.6. The van der Waals surface area contributed by atoms with E-state index in [1.165, 1.54) is 19.4 Å². The molecular weight excluding hydrogens is 624 g/mol. The summed E-state index contributed by atoms with van der Waals surface area (Å²) in [5.74, 6) is -5.07. The van der Waals surface area contributed by atoms with E-state index in [1.807, 2.05) is 0 Å². The molecule has 0 bridgehead atoms. The minimum absolute atomic E-state index is 0.000153. The number of nitrogens with one attached hydrogen (secondary N) is 7. The number of nitrogens with two attached hydrogens (primary N) is 2. The highest BCUT2D eigenvalue weighted by Crippen LogP contribution is 2.05. The van der Waals surface area contributed by atoms with Crippen LogP contribution >= 0.6 is 12.6 Å². The van der Waals surface area contributed by atoms with E-state index in [9.17, 15) is 33.9 Å². The van der Waals surface area contributed by atoms with Crippen LogP contribution in [0, 0.1) is 0 Å². The second kappa shape index (κ2) is 22.7. The number of hydrogen-bond donors (Lipinski definition) is 12. The van der Waals surface area contributed by atoms with Gasteiger partial charge in [0.25, 0.3) is 0 Å². The lowest BCUT2D eigenvalue weighted by Gasteiger charge is -2.24. The quantitative estimate of drug-likeness (QED) is 0.0368. The Morgan fingerprint density at radius 3 is 2.17 bits per heavy atom. The summed E-state index contributed by atoms with van der Waals surface area (Å²) in [6.45, 7) is 2.06. The van der Waals surface area contributed by atoms with Crippen LogP contribution < -0.4 is 43.4 Å². The molecule has 0 saturated carbocycles. The van der Waals surface area contributed by atoms with Gasteiger partial charge in [-0.25, -0.2) is 4.98 Å². The minimum Gasteiger partial charge on any atom is -0.480 e. The number of H-pyrrole nitrogens is 1. The number of aliphatic carboxylic acids is 1. The first-order chi connectivity index (χ1) is 21.9. The van der Waals surface area contributed by atoms with E-state index in [2.05, 4.69) is 54.5 Å². The molecule has 0 unspecified atom stereocenters. The fourth-order valence-corrected chi connectivity index (χ4v) is 4.21. The van der Waals surface area contributed by atoms with Crippen molar-refractivity contribution in [3.05, 3.63) is 18.2 Å². The van der Waals surface area contributed by atoms with Crippen molar-refractivity contribution in [2.45, 2.75) is 75.7 Å². The molecule has 5 atom stereocenters. The van der Waals surface area contributed by atoms with Gasteiger partial charge < -0.3 is 58.6 Å². The largest absolute Gasteiger partial charge is 0.480 e.